The second kappa shape index (κ2) is 7.82. The minimum absolute atomic E-state index is 0.102. The molecule has 144 valence electrons. The van der Waals surface area contributed by atoms with Gasteiger partial charge in [-0.3, -0.25) is 19.8 Å². The molecule has 0 radical (unpaired) electrons. The predicted molar refractivity (Wildman–Crippen MR) is 118 cm³/mol. The molecule has 3 aromatic rings. The largest absolute Gasteiger partial charge is 0.457 e. The number of para-hydroxylation sites is 1. The molecule has 1 aliphatic rings. The Morgan fingerprint density at radius 2 is 1.90 bits per heavy atom. The summed E-state index contributed by atoms with van der Waals surface area (Å²) in [6.45, 7) is 0. The Balaban J connectivity index is 1.61. The normalized spacial score (nSPS) is 15.3. The van der Waals surface area contributed by atoms with E-state index < -0.39 is 4.92 Å². The molecule has 0 aliphatic carbocycles. The fourth-order valence-corrected chi connectivity index (χ4v) is 4.34. The molecule has 9 heteroatoms. The third-order valence-corrected chi connectivity index (χ3v) is 5.75. The Bertz CT molecular complexity index is 1170. The molecule has 1 amide bonds. The number of benzene rings is 2. The zero-order chi connectivity index (χ0) is 20.5. The molecule has 0 N–H and O–H groups in total. The van der Waals surface area contributed by atoms with E-state index in [4.69, 9.17) is 28.2 Å². The van der Waals surface area contributed by atoms with Crippen LogP contribution in [0.1, 0.15) is 5.76 Å². The fraction of sp³-hybridized carbons (Fsp3) is 0. The van der Waals surface area contributed by atoms with Crippen LogP contribution in [-0.4, -0.2) is 15.2 Å². The van der Waals surface area contributed by atoms with Crippen LogP contribution in [0.4, 0.5) is 11.4 Å². The van der Waals surface area contributed by atoms with Gasteiger partial charge in [-0.1, -0.05) is 53.8 Å². The van der Waals surface area contributed by atoms with Crippen LogP contribution in [0.3, 0.4) is 0 Å². The van der Waals surface area contributed by atoms with Gasteiger partial charge in [-0.2, -0.15) is 0 Å². The molecule has 2 heterocycles. The summed E-state index contributed by atoms with van der Waals surface area (Å²) in [7, 11) is 0. The van der Waals surface area contributed by atoms with Gasteiger partial charge in [-0.05, 0) is 30.3 Å². The Labute approximate surface area is 179 Å². The lowest BCUT2D eigenvalue weighted by atomic mass is 10.1. The summed E-state index contributed by atoms with van der Waals surface area (Å²) in [6.07, 6.45) is 1.62. The number of amides is 1. The van der Waals surface area contributed by atoms with Gasteiger partial charge in [0, 0.05) is 23.8 Å². The van der Waals surface area contributed by atoms with Crippen LogP contribution in [0.2, 0.25) is 5.02 Å². The summed E-state index contributed by atoms with van der Waals surface area (Å²) in [5.41, 5.74) is 1.13. The minimum Gasteiger partial charge on any atom is -0.457 e. The van der Waals surface area contributed by atoms with Gasteiger partial charge < -0.3 is 4.42 Å². The number of anilines is 1. The lowest BCUT2D eigenvalue weighted by Gasteiger charge is -2.13. The number of halogens is 1. The molecule has 0 unspecified atom stereocenters. The predicted octanol–water partition coefficient (Wildman–Crippen LogP) is 5.91. The number of carbonyl (C=O) groups is 1. The number of hydrogen-bond donors (Lipinski definition) is 0. The molecule has 1 aromatic heterocycles. The molecule has 29 heavy (non-hydrogen) atoms. The number of nitrogens with zero attached hydrogens (tertiary/aromatic N) is 2. The van der Waals surface area contributed by atoms with Crippen LogP contribution in [-0.2, 0) is 4.79 Å². The van der Waals surface area contributed by atoms with Crippen molar-refractivity contribution in [3.8, 4) is 11.3 Å². The van der Waals surface area contributed by atoms with E-state index in [1.165, 1.54) is 34.9 Å². The number of non-ortho nitro benzene ring substituents is 1. The molecule has 0 atom stereocenters. The molecular formula is C20H11ClN2O4S2. The number of nitro groups is 1. The Morgan fingerprint density at radius 3 is 2.59 bits per heavy atom. The van der Waals surface area contributed by atoms with Crippen molar-refractivity contribution >= 4 is 63.3 Å². The molecule has 1 saturated heterocycles. The van der Waals surface area contributed by atoms with Crippen LogP contribution < -0.4 is 4.90 Å². The number of rotatable bonds is 4. The van der Waals surface area contributed by atoms with Crippen molar-refractivity contribution in [1.29, 1.82) is 0 Å². The van der Waals surface area contributed by atoms with Gasteiger partial charge in [0.1, 0.15) is 11.5 Å². The van der Waals surface area contributed by atoms with Gasteiger partial charge >= 0.3 is 0 Å². The van der Waals surface area contributed by atoms with E-state index in [9.17, 15) is 14.9 Å². The number of carbonyl (C=O) groups excluding carboxylic acids is 1. The van der Waals surface area contributed by atoms with Crippen LogP contribution in [0.5, 0.6) is 0 Å². The number of thioether (sulfide) groups is 1. The molecule has 1 aliphatic heterocycles. The van der Waals surface area contributed by atoms with E-state index in [-0.39, 0.29) is 16.6 Å². The summed E-state index contributed by atoms with van der Waals surface area (Å²) < 4.78 is 6.22. The molecule has 6 nitrogen and oxygen atoms in total. The van der Waals surface area contributed by atoms with Gasteiger partial charge in [0.15, 0.2) is 4.32 Å². The highest BCUT2D eigenvalue weighted by Crippen LogP contribution is 2.37. The van der Waals surface area contributed by atoms with Crippen LogP contribution in [0, 0.1) is 10.1 Å². The Kier molecular flexibility index (Phi) is 5.23. The van der Waals surface area contributed by atoms with E-state index >= 15 is 0 Å². The molecule has 1 fully saturated rings. The SMILES string of the molecule is O=C1/C(=C\c2ccc(-c3ccc([N+](=O)[O-])cc3Cl)o2)SC(=S)N1c1ccccc1. The fourth-order valence-electron chi connectivity index (χ4n) is 2.79. The van der Waals surface area contributed by atoms with Gasteiger partial charge in [-0.25, -0.2) is 0 Å². The maximum Gasteiger partial charge on any atom is 0.270 e. The lowest BCUT2D eigenvalue weighted by molar-refractivity contribution is -0.384. The molecule has 0 bridgehead atoms. The van der Waals surface area contributed by atoms with Crippen molar-refractivity contribution in [1.82, 2.24) is 0 Å². The summed E-state index contributed by atoms with van der Waals surface area (Å²) in [4.78, 5) is 25.0. The third kappa shape index (κ3) is 3.82. The molecule has 2 aromatic carbocycles. The first-order valence-corrected chi connectivity index (χ1v) is 9.91. The highest BCUT2D eigenvalue weighted by Gasteiger charge is 2.33. The summed E-state index contributed by atoms with van der Waals surface area (Å²) in [6, 6.07) is 16.7. The number of thiocarbonyl (C=S) groups is 1. The van der Waals surface area contributed by atoms with Gasteiger partial charge in [0.2, 0.25) is 0 Å². The first kappa shape index (κ1) is 19.4. The first-order chi connectivity index (χ1) is 13.9. The van der Waals surface area contributed by atoms with Crippen molar-refractivity contribution < 1.29 is 14.1 Å². The number of hydrogen-bond acceptors (Lipinski definition) is 6. The quantitative estimate of drug-likeness (QED) is 0.216. The second-order valence-corrected chi connectivity index (χ2v) is 8.06. The van der Waals surface area contributed by atoms with Crippen molar-refractivity contribution in [2.45, 2.75) is 0 Å². The maximum absolute atomic E-state index is 12.8. The van der Waals surface area contributed by atoms with E-state index in [1.54, 1.807) is 18.2 Å². The average molecular weight is 443 g/mol. The van der Waals surface area contributed by atoms with E-state index in [2.05, 4.69) is 0 Å². The zero-order valence-electron chi connectivity index (χ0n) is 14.6. The van der Waals surface area contributed by atoms with Gasteiger partial charge in [0.05, 0.1) is 20.5 Å². The van der Waals surface area contributed by atoms with Crippen LogP contribution in [0.25, 0.3) is 17.4 Å². The Morgan fingerprint density at radius 1 is 1.14 bits per heavy atom. The standard InChI is InChI=1S/C20H11ClN2O4S2/c21-16-10-13(23(25)26)6-8-15(16)17-9-7-14(27-17)11-18-19(24)22(20(28)29-18)12-4-2-1-3-5-12/h1-11H/b18-11+. The zero-order valence-corrected chi connectivity index (χ0v) is 17.0. The van der Waals surface area contributed by atoms with Crippen molar-refractivity contribution in [3.05, 3.63) is 86.5 Å². The van der Waals surface area contributed by atoms with Gasteiger partial charge in [0.25, 0.3) is 11.6 Å². The molecule has 0 spiro atoms. The van der Waals surface area contributed by atoms with E-state index in [1.807, 2.05) is 30.3 Å². The maximum atomic E-state index is 12.8. The Hall–Kier alpha value is -2.94. The minimum atomic E-state index is -0.516. The third-order valence-electron chi connectivity index (χ3n) is 4.14. The van der Waals surface area contributed by atoms with Crippen molar-refractivity contribution in [3.63, 3.8) is 0 Å². The number of furan rings is 1. The average Bonchev–Trinajstić information content (AvgIpc) is 3.27. The summed E-state index contributed by atoms with van der Waals surface area (Å²) >= 11 is 12.7. The van der Waals surface area contributed by atoms with E-state index in [0.29, 0.717) is 32.0 Å². The van der Waals surface area contributed by atoms with Crippen LogP contribution in [0.15, 0.2) is 70.0 Å². The lowest BCUT2D eigenvalue weighted by Crippen LogP contribution is -2.27. The first-order valence-electron chi connectivity index (χ1n) is 8.31. The smallest absolute Gasteiger partial charge is 0.270 e. The summed E-state index contributed by atoms with van der Waals surface area (Å²) in [5, 5.41) is 11.1. The number of nitro benzene ring substituents is 1. The highest BCUT2D eigenvalue weighted by atomic mass is 35.5. The van der Waals surface area contributed by atoms with Crippen molar-refractivity contribution in [2.24, 2.45) is 0 Å². The monoisotopic (exact) mass is 442 g/mol. The van der Waals surface area contributed by atoms with Crippen LogP contribution >= 0.6 is 35.6 Å². The van der Waals surface area contributed by atoms with Crippen molar-refractivity contribution in [2.75, 3.05) is 4.90 Å². The second-order valence-electron chi connectivity index (χ2n) is 5.98. The topological polar surface area (TPSA) is 76.6 Å². The molecule has 0 saturated carbocycles. The van der Waals surface area contributed by atoms with Gasteiger partial charge in [-0.15, -0.1) is 0 Å². The molecule has 4 rings (SSSR count). The summed E-state index contributed by atoms with van der Waals surface area (Å²) in [5.74, 6) is 0.662. The van der Waals surface area contributed by atoms with E-state index in [0.717, 1.165) is 0 Å². The molecular weight excluding hydrogens is 432 g/mol. The highest BCUT2D eigenvalue weighted by molar-refractivity contribution is 8.27.